The number of nitrogens with zero attached hydrogens (tertiary/aromatic N) is 2. The summed E-state index contributed by atoms with van der Waals surface area (Å²) >= 11 is 0. The van der Waals surface area contributed by atoms with Gasteiger partial charge in [0.25, 0.3) is 0 Å². The summed E-state index contributed by atoms with van der Waals surface area (Å²) in [5, 5.41) is 1.39. The van der Waals surface area contributed by atoms with Crippen molar-refractivity contribution >= 4 is 26.5 Å². The predicted octanol–water partition coefficient (Wildman–Crippen LogP) is 2.68. The number of imidazole rings is 1. The van der Waals surface area contributed by atoms with Crippen molar-refractivity contribution in [3.8, 4) is 17.1 Å². The summed E-state index contributed by atoms with van der Waals surface area (Å²) in [6, 6.07) is 27.4. The standard InChI is InChI=1S/C19H16N2Si/c22-16-12-10-14(11-13-16)19-20-17-8-4-5-9-18(17)21(19)15-6-2-1-3-7-15/h1-13H,22H3. The topological polar surface area (TPSA) is 17.8 Å². The molecule has 0 saturated carbocycles. The first kappa shape index (κ1) is 13.0. The summed E-state index contributed by atoms with van der Waals surface area (Å²) in [6.45, 7) is 0. The lowest BCUT2D eigenvalue weighted by molar-refractivity contribution is 1.10. The third kappa shape index (κ3) is 2.16. The summed E-state index contributed by atoms with van der Waals surface area (Å²) in [5.41, 5.74) is 4.45. The monoisotopic (exact) mass is 300 g/mol. The molecule has 4 rings (SSSR count). The van der Waals surface area contributed by atoms with Gasteiger partial charge in [-0.2, -0.15) is 0 Å². The van der Waals surface area contributed by atoms with Crippen LogP contribution in [-0.2, 0) is 0 Å². The van der Waals surface area contributed by atoms with Gasteiger partial charge in [0.2, 0.25) is 0 Å². The molecular formula is C19H16N2Si. The zero-order valence-electron chi connectivity index (χ0n) is 12.4. The van der Waals surface area contributed by atoms with Gasteiger partial charge in [-0.25, -0.2) is 4.98 Å². The second-order valence-corrected chi connectivity index (χ2v) is 6.62. The van der Waals surface area contributed by atoms with Crippen molar-refractivity contribution in [2.75, 3.05) is 0 Å². The highest BCUT2D eigenvalue weighted by Gasteiger charge is 2.13. The van der Waals surface area contributed by atoms with Crippen LogP contribution in [0.25, 0.3) is 28.1 Å². The van der Waals surface area contributed by atoms with Crippen molar-refractivity contribution in [3.63, 3.8) is 0 Å². The molecule has 3 aromatic carbocycles. The lowest BCUT2D eigenvalue weighted by Crippen LogP contribution is -2.01. The zero-order valence-corrected chi connectivity index (χ0v) is 14.4. The maximum atomic E-state index is 4.86. The fraction of sp³-hybridized carbons (Fsp3) is 0. The van der Waals surface area contributed by atoms with Gasteiger partial charge < -0.3 is 0 Å². The Bertz CT molecular complexity index is 925. The second-order valence-electron chi connectivity index (χ2n) is 5.46. The van der Waals surface area contributed by atoms with E-state index in [4.69, 9.17) is 4.98 Å². The molecule has 0 spiro atoms. The summed E-state index contributed by atoms with van der Waals surface area (Å²) in [5.74, 6) is 0.995. The molecule has 1 aromatic heterocycles. The van der Waals surface area contributed by atoms with Crippen molar-refractivity contribution in [1.29, 1.82) is 0 Å². The second kappa shape index (κ2) is 5.28. The van der Waals surface area contributed by atoms with Crippen LogP contribution in [0, 0.1) is 0 Å². The quantitative estimate of drug-likeness (QED) is 0.521. The third-order valence-electron chi connectivity index (χ3n) is 3.88. The highest BCUT2D eigenvalue weighted by Crippen LogP contribution is 2.27. The van der Waals surface area contributed by atoms with Gasteiger partial charge in [-0.05, 0) is 24.3 Å². The van der Waals surface area contributed by atoms with E-state index in [1.165, 1.54) is 5.19 Å². The van der Waals surface area contributed by atoms with Crippen molar-refractivity contribution in [2.24, 2.45) is 0 Å². The molecule has 0 radical (unpaired) electrons. The molecule has 3 heteroatoms. The Morgan fingerprint density at radius 2 is 1.41 bits per heavy atom. The van der Waals surface area contributed by atoms with Crippen molar-refractivity contribution in [1.82, 2.24) is 9.55 Å². The number of rotatable bonds is 2. The van der Waals surface area contributed by atoms with Gasteiger partial charge in [0.05, 0.1) is 11.0 Å². The Kier molecular flexibility index (Phi) is 3.13. The van der Waals surface area contributed by atoms with Gasteiger partial charge in [0, 0.05) is 21.5 Å². The Morgan fingerprint density at radius 1 is 0.727 bits per heavy atom. The molecule has 0 unspecified atom stereocenters. The first-order chi connectivity index (χ1) is 10.8. The van der Waals surface area contributed by atoms with Gasteiger partial charge in [-0.15, -0.1) is 0 Å². The van der Waals surface area contributed by atoms with E-state index in [1.807, 2.05) is 12.1 Å². The fourth-order valence-corrected chi connectivity index (χ4v) is 3.09. The Hall–Kier alpha value is -2.65. The summed E-state index contributed by atoms with van der Waals surface area (Å²) < 4.78 is 2.23. The zero-order chi connectivity index (χ0) is 14.9. The molecule has 2 nitrogen and oxygen atoms in total. The molecule has 0 bridgehead atoms. The van der Waals surface area contributed by atoms with Crippen LogP contribution in [0.5, 0.6) is 0 Å². The smallest absolute Gasteiger partial charge is 0.145 e. The van der Waals surface area contributed by atoms with Crippen LogP contribution < -0.4 is 5.19 Å². The van der Waals surface area contributed by atoms with E-state index in [-0.39, 0.29) is 0 Å². The number of fused-ring (bicyclic) bond motifs is 1. The highest BCUT2D eigenvalue weighted by atomic mass is 28.1. The molecule has 1 heterocycles. The van der Waals surface area contributed by atoms with Gasteiger partial charge in [-0.1, -0.05) is 59.8 Å². The molecule has 4 aromatic rings. The number of benzene rings is 3. The lowest BCUT2D eigenvalue weighted by atomic mass is 10.2. The predicted molar refractivity (Wildman–Crippen MR) is 96.1 cm³/mol. The van der Waals surface area contributed by atoms with E-state index in [2.05, 4.69) is 71.3 Å². The van der Waals surface area contributed by atoms with E-state index >= 15 is 0 Å². The van der Waals surface area contributed by atoms with Gasteiger partial charge in [0.15, 0.2) is 0 Å². The number of para-hydroxylation sites is 3. The SMILES string of the molecule is [SiH3]c1ccc(-c2nc3ccccc3n2-c2ccccc2)cc1. The van der Waals surface area contributed by atoms with Crippen LogP contribution in [0.4, 0.5) is 0 Å². The normalized spacial score (nSPS) is 11.1. The van der Waals surface area contributed by atoms with Crippen LogP contribution in [0.1, 0.15) is 0 Å². The lowest BCUT2D eigenvalue weighted by Gasteiger charge is -2.09. The average Bonchev–Trinajstić information content (AvgIpc) is 2.96. The molecule has 0 aliphatic carbocycles. The van der Waals surface area contributed by atoms with Crippen molar-refractivity contribution in [3.05, 3.63) is 78.9 Å². The van der Waals surface area contributed by atoms with Gasteiger partial charge >= 0.3 is 0 Å². The van der Waals surface area contributed by atoms with E-state index in [0.29, 0.717) is 0 Å². The number of hydrogen-bond acceptors (Lipinski definition) is 1. The van der Waals surface area contributed by atoms with E-state index in [1.54, 1.807) is 0 Å². The first-order valence-corrected chi connectivity index (χ1v) is 8.43. The fourth-order valence-electron chi connectivity index (χ4n) is 2.76. The average molecular weight is 300 g/mol. The number of hydrogen-bond donors (Lipinski definition) is 0. The van der Waals surface area contributed by atoms with E-state index in [9.17, 15) is 0 Å². The van der Waals surface area contributed by atoms with Crippen LogP contribution in [0.2, 0.25) is 0 Å². The van der Waals surface area contributed by atoms with Crippen LogP contribution in [0.15, 0.2) is 78.9 Å². The molecule has 0 fully saturated rings. The summed E-state index contributed by atoms with van der Waals surface area (Å²) in [6.07, 6.45) is 0. The first-order valence-electron chi connectivity index (χ1n) is 7.43. The Morgan fingerprint density at radius 3 is 2.18 bits per heavy atom. The third-order valence-corrected chi connectivity index (χ3v) is 4.55. The van der Waals surface area contributed by atoms with Gasteiger partial charge in [-0.3, -0.25) is 4.57 Å². The minimum absolute atomic E-state index is 0.995. The summed E-state index contributed by atoms with van der Waals surface area (Å²) in [4.78, 5) is 4.86. The molecular weight excluding hydrogens is 284 g/mol. The highest BCUT2D eigenvalue weighted by molar-refractivity contribution is 6.32. The van der Waals surface area contributed by atoms with E-state index in [0.717, 1.165) is 38.4 Å². The molecule has 106 valence electrons. The minimum Gasteiger partial charge on any atom is -0.292 e. The molecule has 0 aliphatic heterocycles. The van der Waals surface area contributed by atoms with Crippen LogP contribution in [-0.4, -0.2) is 19.8 Å². The molecule has 0 aliphatic rings. The Labute approximate surface area is 132 Å². The van der Waals surface area contributed by atoms with Crippen LogP contribution in [0.3, 0.4) is 0 Å². The van der Waals surface area contributed by atoms with Crippen molar-refractivity contribution in [2.45, 2.75) is 0 Å². The van der Waals surface area contributed by atoms with Gasteiger partial charge in [0.1, 0.15) is 5.82 Å². The molecule has 0 amide bonds. The maximum absolute atomic E-state index is 4.86. The Balaban J connectivity index is 2.04. The van der Waals surface area contributed by atoms with Crippen LogP contribution >= 0.6 is 0 Å². The molecule has 0 N–H and O–H groups in total. The largest absolute Gasteiger partial charge is 0.292 e. The molecule has 22 heavy (non-hydrogen) atoms. The molecule has 0 saturated heterocycles. The minimum atomic E-state index is 0.995. The maximum Gasteiger partial charge on any atom is 0.145 e. The number of aromatic nitrogens is 2. The summed E-state index contributed by atoms with van der Waals surface area (Å²) in [7, 11) is 1.07. The van der Waals surface area contributed by atoms with E-state index < -0.39 is 0 Å². The van der Waals surface area contributed by atoms with Crippen molar-refractivity contribution < 1.29 is 0 Å². The molecule has 0 atom stereocenters.